The van der Waals surface area contributed by atoms with Gasteiger partial charge >= 0.3 is 0 Å². The Labute approximate surface area is 131 Å². The van der Waals surface area contributed by atoms with E-state index in [1.807, 2.05) is 17.5 Å². The summed E-state index contributed by atoms with van der Waals surface area (Å²) in [5.74, 6) is -0.188. The Hall–Kier alpha value is -2.40. The Balaban J connectivity index is 1.87. The van der Waals surface area contributed by atoms with Gasteiger partial charge in [0.05, 0.1) is 24.9 Å². The average Bonchev–Trinajstić information content (AvgIpc) is 3.20. The molecule has 2 heterocycles. The van der Waals surface area contributed by atoms with Gasteiger partial charge in [0.15, 0.2) is 0 Å². The van der Waals surface area contributed by atoms with Crippen molar-refractivity contribution in [1.82, 2.24) is 4.90 Å². The fourth-order valence-corrected chi connectivity index (χ4v) is 2.91. The van der Waals surface area contributed by atoms with E-state index in [2.05, 4.69) is 0 Å². The molecule has 1 aromatic carbocycles. The number of hydrogen-bond acceptors (Lipinski definition) is 3. The molecule has 0 bridgehead atoms. The zero-order chi connectivity index (χ0) is 15.4. The van der Waals surface area contributed by atoms with E-state index in [-0.39, 0.29) is 11.5 Å². The molecule has 0 aliphatic heterocycles. The first-order valence-electron chi connectivity index (χ1n) is 6.82. The van der Waals surface area contributed by atoms with Gasteiger partial charge in [-0.3, -0.25) is 4.79 Å². The molecule has 0 spiro atoms. The van der Waals surface area contributed by atoms with Crippen molar-refractivity contribution < 1.29 is 13.6 Å². The van der Waals surface area contributed by atoms with Crippen LogP contribution in [-0.2, 0) is 13.1 Å². The summed E-state index contributed by atoms with van der Waals surface area (Å²) in [7, 11) is 0. The monoisotopic (exact) mass is 315 g/mol. The summed E-state index contributed by atoms with van der Waals surface area (Å²) < 4.78 is 19.2. The standard InChI is InChI=1S/C17H14FNO2S/c18-16-8-2-1-7-15(16)17(20)19(11-13-5-3-9-21-13)12-14-6-4-10-22-14/h1-10H,11-12H2. The van der Waals surface area contributed by atoms with Gasteiger partial charge in [0, 0.05) is 4.88 Å². The first kappa shape index (κ1) is 14.5. The molecule has 112 valence electrons. The van der Waals surface area contributed by atoms with Crippen LogP contribution < -0.4 is 0 Å². The van der Waals surface area contributed by atoms with Crippen LogP contribution in [0.4, 0.5) is 4.39 Å². The van der Waals surface area contributed by atoms with E-state index in [1.165, 1.54) is 12.1 Å². The molecular weight excluding hydrogens is 301 g/mol. The highest BCUT2D eigenvalue weighted by Crippen LogP contribution is 2.18. The molecule has 0 atom stereocenters. The molecule has 5 heteroatoms. The average molecular weight is 315 g/mol. The van der Waals surface area contributed by atoms with Gasteiger partial charge in [0.25, 0.3) is 5.91 Å². The maximum Gasteiger partial charge on any atom is 0.257 e. The molecule has 1 amide bonds. The Morgan fingerprint density at radius 1 is 1.09 bits per heavy atom. The van der Waals surface area contributed by atoms with Gasteiger partial charge in [0.2, 0.25) is 0 Å². The van der Waals surface area contributed by atoms with E-state index in [9.17, 15) is 9.18 Å². The highest BCUT2D eigenvalue weighted by Gasteiger charge is 2.20. The summed E-state index contributed by atoms with van der Waals surface area (Å²) in [4.78, 5) is 15.3. The molecule has 0 aliphatic rings. The Kier molecular flexibility index (Phi) is 4.34. The topological polar surface area (TPSA) is 33.5 Å². The van der Waals surface area contributed by atoms with E-state index < -0.39 is 5.82 Å². The van der Waals surface area contributed by atoms with Gasteiger partial charge in [0.1, 0.15) is 11.6 Å². The van der Waals surface area contributed by atoms with Crippen LogP contribution in [0.5, 0.6) is 0 Å². The first-order chi connectivity index (χ1) is 10.7. The van der Waals surface area contributed by atoms with Crippen LogP contribution in [0, 0.1) is 5.82 Å². The van der Waals surface area contributed by atoms with Crippen molar-refractivity contribution in [1.29, 1.82) is 0 Å². The number of nitrogens with zero attached hydrogens (tertiary/aromatic N) is 1. The van der Waals surface area contributed by atoms with Crippen LogP contribution in [0.1, 0.15) is 21.0 Å². The number of halogens is 1. The third kappa shape index (κ3) is 3.26. The summed E-state index contributed by atoms with van der Waals surface area (Å²) in [6, 6.07) is 13.5. The van der Waals surface area contributed by atoms with Crippen LogP contribution in [-0.4, -0.2) is 10.8 Å². The summed E-state index contributed by atoms with van der Waals surface area (Å²) >= 11 is 1.56. The number of thiophene rings is 1. The number of furan rings is 1. The summed E-state index contributed by atoms with van der Waals surface area (Å²) in [6.45, 7) is 0.726. The van der Waals surface area contributed by atoms with Crippen molar-refractivity contribution in [2.24, 2.45) is 0 Å². The van der Waals surface area contributed by atoms with Crippen molar-refractivity contribution >= 4 is 17.2 Å². The minimum absolute atomic E-state index is 0.0746. The number of hydrogen-bond donors (Lipinski definition) is 0. The molecule has 0 fully saturated rings. The second-order valence-electron chi connectivity index (χ2n) is 4.80. The summed E-state index contributed by atoms with van der Waals surface area (Å²) in [6.07, 6.45) is 1.56. The third-order valence-corrected chi connectivity index (χ3v) is 4.11. The number of benzene rings is 1. The number of carbonyl (C=O) groups is 1. The van der Waals surface area contributed by atoms with Gasteiger partial charge in [-0.15, -0.1) is 11.3 Å². The molecule has 0 aliphatic carbocycles. The van der Waals surface area contributed by atoms with Gasteiger partial charge in [-0.25, -0.2) is 4.39 Å². The highest BCUT2D eigenvalue weighted by molar-refractivity contribution is 7.09. The molecule has 3 rings (SSSR count). The molecule has 0 saturated heterocycles. The molecule has 3 aromatic rings. The maximum absolute atomic E-state index is 13.9. The molecule has 0 N–H and O–H groups in total. The lowest BCUT2D eigenvalue weighted by atomic mass is 10.1. The Morgan fingerprint density at radius 3 is 2.64 bits per heavy atom. The van der Waals surface area contributed by atoms with E-state index in [4.69, 9.17) is 4.42 Å². The number of rotatable bonds is 5. The Morgan fingerprint density at radius 2 is 1.95 bits per heavy atom. The molecule has 0 radical (unpaired) electrons. The van der Waals surface area contributed by atoms with Gasteiger partial charge in [-0.1, -0.05) is 18.2 Å². The molecule has 22 heavy (non-hydrogen) atoms. The molecule has 0 saturated carbocycles. The fourth-order valence-electron chi connectivity index (χ4n) is 2.19. The molecular formula is C17H14FNO2S. The molecule has 2 aromatic heterocycles. The van der Waals surface area contributed by atoms with E-state index in [0.29, 0.717) is 18.8 Å². The van der Waals surface area contributed by atoms with Crippen LogP contribution in [0.3, 0.4) is 0 Å². The van der Waals surface area contributed by atoms with E-state index in [0.717, 1.165) is 4.88 Å². The molecule has 0 unspecified atom stereocenters. The second kappa shape index (κ2) is 6.58. The zero-order valence-electron chi connectivity index (χ0n) is 11.7. The van der Waals surface area contributed by atoms with E-state index in [1.54, 1.807) is 46.8 Å². The lowest BCUT2D eigenvalue weighted by Gasteiger charge is -2.21. The Bertz CT molecular complexity index is 702. The minimum Gasteiger partial charge on any atom is -0.467 e. The normalized spacial score (nSPS) is 10.6. The van der Waals surface area contributed by atoms with Crippen LogP contribution in [0.25, 0.3) is 0 Å². The van der Waals surface area contributed by atoms with Gasteiger partial charge < -0.3 is 9.32 Å². The largest absolute Gasteiger partial charge is 0.467 e. The predicted octanol–water partition coefficient (Wildman–Crippen LogP) is 4.32. The number of amides is 1. The van der Waals surface area contributed by atoms with Crippen molar-refractivity contribution in [3.63, 3.8) is 0 Å². The van der Waals surface area contributed by atoms with Crippen LogP contribution in [0.15, 0.2) is 64.6 Å². The first-order valence-corrected chi connectivity index (χ1v) is 7.70. The maximum atomic E-state index is 13.9. The highest BCUT2D eigenvalue weighted by atomic mass is 32.1. The van der Waals surface area contributed by atoms with Crippen molar-refractivity contribution in [3.8, 4) is 0 Å². The smallest absolute Gasteiger partial charge is 0.257 e. The van der Waals surface area contributed by atoms with Crippen molar-refractivity contribution in [3.05, 3.63) is 82.2 Å². The lowest BCUT2D eigenvalue weighted by molar-refractivity contribution is 0.0714. The van der Waals surface area contributed by atoms with Gasteiger partial charge in [-0.2, -0.15) is 0 Å². The zero-order valence-corrected chi connectivity index (χ0v) is 12.6. The lowest BCUT2D eigenvalue weighted by Crippen LogP contribution is -2.30. The third-order valence-electron chi connectivity index (χ3n) is 3.25. The fraction of sp³-hybridized carbons (Fsp3) is 0.118. The SMILES string of the molecule is O=C(c1ccccc1F)N(Cc1ccco1)Cc1cccs1. The van der Waals surface area contributed by atoms with Crippen LogP contribution in [0.2, 0.25) is 0 Å². The number of carbonyl (C=O) groups excluding carboxylic acids is 1. The van der Waals surface area contributed by atoms with Crippen LogP contribution >= 0.6 is 11.3 Å². The van der Waals surface area contributed by atoms with E-state index >= 15 is 0 Å². The van der Waals surface area contributed by atoms with Crippen molar-refractivity contribution in [2.45, 2.75) is 13.1 Å². The minimum atomic E-state index is -0.511. The second-order valence-corrected chi connectivity index (χ2v) is 5.83. The summed E-state index contributed by atoms with van der Waals surface area (Å²) in [5, 5.41) is 1.95. The molecule has 3 nitrogen and oxygen atoms in total. The quantitative estimate of drug-likeness (QED) is 0.702. The van der Waals surface area contributed by atoms with Gasteiger partial charge in [-0.05, 0) is 35.7 Å². The van der Waals surface area contributed by atoms with Crippen molar-refractivity contribution in [2.75, 3.05) is 0 Å². The predicted molar refractivity (Wildman–Crippen MR) is 83.0 cm³/mol. The summed E-state index contributed by atoms with van der Waals surface area (Å²) in [5.41, 5.74) is 0.0746.